The molecule has 1 aromatic heterocycles. The van der Waals surface area contributed by atoms with E-state index in [1.807, 2.05) is 13.1 Å². The Hall–Kier alpha value is -1.09. The lowest BCUT2D eigenvalue weighted by atomic mass is 9.92. The van der Waals surface area contributed by atoms with Crippen LogP contribution in [0.5, 0.6) is 0 Å². The second-order valence-electron chi connectivity index (χ2n) is 4.86. The highest BCUT2D eigenvalue weighted by molar-refractivity contribution is 5.46. The van der Waals surface area contributed by atoms with Gasteiger partial charge in [0.15, 0.2) is 0 Å². The van der Waals surface area contributed by atoms with Crippen molar-refractivity contribution >= 4 is 5.69 Å². The minimum atomic E-state index is 0.297. The van der Waals surface area contributed by atoms with Crippen LogP contribution in [0.4, 0.5) is 5.69 Å². The Morgan fingerprint density at radius 2 is 2.38 bits per heavy atom. The molecule has 1 aliphatic heterocycles. The molecule has 0 amide bonds. The number of nitrogens with two attached hydrogens (primary N) is 1. The van der Waals surface area contributed by atoms with E-state index in [2.05, 4.69) is 28.9 Å². The second-order valence-corrected chi connectivity index (χ2v) is 4.86. The maximum Gasteiger partial charge on any atom is 0.0399 e. The fourth-order valence-corrected chi connectivity index (χ4v) is 2.40. The third kappa shape index (κ3) is 2.53. The molecule has 2 rings (SSSR count). The number of aromatic nitrogens is 1. The van der Waals surface area contributed by atoms with Gasteiger partial charge < -0.3 is 10.6 Å². The van der Waals surface area contributed by atoms with Crippen molar-refractivity contribution < 1.29 is 0 Å². The van der Waals surface area contributed by atoms with Crippen LogP contribution in [0.3, 0.4) is 0 Å². The Balaban J connectivity index is 2.09. The van der Waals surface area contributed by atoms with E-state index in [0.29, 0.717) is 12.0 Å². The van der Waals surface area contributed by atoms with Gasteiger partial charge in [0.1, 0.15) is 0 Å². The molecule has 0 aliphatic carbocycles. The van der Waals surface area contributed by atoms with Gasteiger partial charge in [-0.1, -0.05) is 0 Å². The molecule has 16 heavy (non-hydrogen) atoms. The summed E-state index contributed by atoms with van der Waals surface area (Å²) in [6, 6.07) is 4.55. The van der Waals surface area contributed by atoms with Gasteiger partial charge in [0.2, 0.25) is 0 Å². The molecule has 2 N–H and O–H groups in total. The van der Waals surface area contributed by atoms with E-state index in [0.717, 1.165) is 18.8 Å². The molecular formula is C13H21N3. The van der Waals surface area contributed by atoms with E-state index in [-0.39, 0.29) is 0 Å². The number of aryl methyl sites for hydroxylation is 1. The van der Waals surface area contributed by atoms with Crippen molar-refractivity contribution in [1.82, 2.24) is 4.98 Å². The summed E-state index contributed by atoms with van der Waals surface area (Å²) >= 11 is 0. The number of hydrogen-bond donors (Lipinski definition) is 1. The van der Waals surface area contributed by atoms with Crippen LogP contribution in [0.15, 0.2) is 18.3 Å². The molecule has 0 bridgehead atoms. The van der Waals surface area contributed by atoms with E-state index in [1.165, 1.54) is 18.5 Å². The van der Waals surface area contributed by atoms with Gasteiger partial charge in [-0.25, -0.2) is 0 Å². The maximum absolute atomic E-state index is 6.00. The Morgan fingerprint density at radius 3 is 3.06 bits per heavy atom. The predicted molar refractivity (Wildman–Crippen MR) is 67.6 cm³/mol. The SMILES string of the molecule is Cc1cc(N2CCCC(C(C)N)C2)ccn1. The van der Waals surface area contributed by atoms with Gasteiger partial charge in [-0.2, -0.15) is 0 Å². The van der Waals surface area contributed by atoms with Crippen LogP contribution in [0.25, 0.3) is 0 Å². The summed E-state index contributed by atoms with van der Waals surface area (Å²) in [6.07, 6.45) is 4.39. The molecule has 1 saturated heterocycles. The molecule has 2 heterocycles. The van der Waals surface area contributed by atoms with Gasteiger partial charge in [0, 0.05) is 36.7 Å². The lowest BCUT2D eigenvalue weighted by molar-refractivity contribution is 0.364. The van der Waals surface area contributed by atoms with Crippen LogP contribution in [0.2, 0.25) is 0 Å². The highest BCUT2D eigenvalue weighted by Crippen LogP contribution is 2.24. The van der Waals surface area contributed by atoms with Gasteiger partial charge in [0.05, 0.1) is 0 Å². The van der Waals surface area contributed by atoms with Crippen LogP contribution in [-0.2, 0) is 0 Å². The predicted octanol–water partition coefficient (Wildman–Crippen LogP) is 1.95. The average Bonchev–Trinajstić information content (AvgIpc) is 2.29. The molecule has 1 aliphatic rings. The fourth-order valence-electron chi connectivity index (χ4n) is 2.40. The van der Waals surface area contributed by atoms with E-state index in [9.17, 15) is 0 Å². The summed E-state index contributed by atoms with van der Waals surface area (Å²) < 4.78 is 0. The molecule has 0 aromatic carbocycles. The summed E-state index contributed by atoms with van der Waals surface area (Å²) in [5.74, 6) is 0.627. The van der Waals surface area contributed by atoms with Crippen molar-refractivity contribution in [2.45, 2.75) is 32.7 Å². The maximum atomic E-state index is 6.00. The summed E-state index contributed by atoms with van der Waals surface area (Å²) in [7, 11) is 0. The zero-order chi connectivity index (χ0) is 11.5. The Kier molecular flexibility index (Phi) is 3.44. The summed E-state index contributed by atoms with van der Waals surface area (Å²) in [5.41, 5.74) is 8.37. The van der Waals surface area contributed by atoms with Crippen molar-refractivity contribution in [2.24, 2.45) is 11.7 Å². The largest absolute Gasteiger partial charge is 0.371 e. The molecule has 3 nitrogen and oxygen atoms in total. The third-order valence-electron chi connectivity index (χ3n) is 3.45. The third-order valence-corrected chi connectivity index (χ3v) is 3.45. The molecule has 2 unspecified atom stereocenters. The fraction of sp³-hybridized carbons (Fsp3) is 0.615. The molecule has 2 atom stereocenters. The van der Waals surface area contributed by atoms with Crippen LogP contribution >= 0.6 is 0 Å². The van der Waals surface area contributed by atoms with Gasteiger partial charge >= 0.3 is 0 Å². The first kappa shape index (κ1) is 11.4. The van der Waals surface area contributed by atoms with Crippen molar-refractivity contribution in [2.75, 3.05) is 18.0 Å². The highest BCUT2D eigenvalue weighted by Gasteiger charge is 2.22. The van der Waals surface area contributed by atoms with E-state index in [4.69, 9.17) is 5.73 Å². The smallest absolute Gasteiger partial charge is 0.0399 e. The Morgan fingerprint density at radius 1 is 1.56 bits per heavy atom. The first-order valence-corrected chi connectivity index (χ1v) is 6.10. The Bertz CT molecular complexity index is 349. The molecule has 0 radical (unpaired) electrons. The lowest BCUT2D eigenvalue weighted by Crippen LogP contribution is -2.42. The molecular weight excluding hydrogens is 198 g/mol. The minimum absolute atomic E-state index is 0.297. The first-order valence-electron chi connectivity index (χ1n) is 6.10. The summed E-state index contributed by atoms with van der Waals surface area (Å²) in [5, 5.41) is 0. The van der Waals surface area contributed by atoms with E-state index >= 15 is 0 Å². The van der Waals surface area contributed by atoms with Gasteiger partial charge in [-0.05, 0) is 44.7 Å². The zero-order valence-electron chi connectivity index (χ0n) is 10.2. The van der Waals surface area contributed by atoms with E-state index < -0.39 is 0 Å². The molecule has 0 spiro atoms. The van der Waals surface area contributed by atoms with Crippen molar-refractivity contribution in [3.05, 3.63) is 24.0 Å². The first-order chi connectivity index (χ1) is 7.66. The normalized spacial score (nSPS) is 23.2. The van der Waals surface area contributed by atoms with Crippen molar-refractivity contribution in [1.29, 1.82) is 0 Å². The van der Waals surface area contributed by atoms with E-state index in [1.54, 1.807) is 0 Å². The van der Waals surface area contributed by atoms with Crippen LogP contribution in [0.1, 0.15) is 25.5 Å². The molecule has 88 valence electrons. The van der Waals surface area contributed by atoms with Gasteiger partial charge in [0.25, 0.3) is 0 Å². The highest BCUT2D eigenvalue weighted by atomic mass is 15.1. The van der Waals surface area contributed by atoms with Crippen LogP contribution in [0, 0.1) is 12.8 Å². The number of rotatable bonds is 2. The van der Waals surface area contributed by atoms with Crippen LogP contribution in [-0.4, -0.2) is 24.1 Å². The van der Waals surface area contributed by atoms with Crippen molar-refractivity contribution in [3.8, 4) is 0 Å². The summed E-state index contributed by atoms with van der Waals surface area (Å²) in [4.78, 5) is 6.67. The minimum Gasteiger partial charge on any atom is -0.371 e. The molecule has 1 aromatic rings. The number of anilines is 1. The number of hydrogen-bond acceptors (Lipinski definition) is 3. The Labute approximate surface area is 97.7 Å². The second kappa shape index (κ2) is 4.83. The quantitative estimate of drug-likeness (QED) is 0.826. The molecule has 3 heteroatoms. The van der Waals surface area contributed by atoms with Crippen molar-refractivity contribution in [3.63, 3.8) is 0 Å². The monoisotopic (exact) mass is 219 g/mol. The molecule has 0 saturated carbocycles. The topological polar surface area (TPSA) is 42.1 Å². The van der Waals surface area contributed by atoms with Gasteiger partial charge in [-0.15, -0.1) is 0 Å². The number of pyridine rings is 1. The standard InChI is InChI=1S/C13H21N3/c1-10-8-13(5-6-15-10)16-7-3-4-12(9-16)11(2)14/h5-6,8,11-12H,3-4,7,9,14H2,1-2H3. The number of piperidine rings is 1. The average molecular weight is 219 g/mol. The zero-order valence-corrected chi connectivity index (χ0v) is 10.2. The van der Waals surface area contributed by atoms with Crippen LogP contribution < -0.4 is 10.6 Å². The number of nitrogens with zero attached hydrogens (tertiary/aromatic N) is 2. The summed E-state index contributed by atoms with van der Waals surface area (Å²) in [6.45, 7) is 6.39. The molecule has 1 fully saturated rings. The van der Waals surface area contributed by atoms with Gasteiger partial charge in [-0.3, -0.25) is 4.98 Å². The lowest BCUT2D eigenvalue weighted by Gasteiger charge is -2.36.